The Morgan fingerprint density at radius 2 is 2.23 bits per heavy atom. The molecule has 0 bridgehead atoms. The van der Waals surface area contributed by atoms with Crippen LogP contribution in [0.15, 0.2) is 24.8 Å². The van der Waals surface area contributed by atoms with Gasteiger partial charge in [-0.15, -0.1) is 6.58 Å². The fourth-order valence-electron chi connectivity index (χ4n) is 0.603. The van der Waals surface area contributed by atoms with E-state index in [-0.39, 0.29) is 0 Å². The van der Waals surface area contributed by atoms with Crippen molar-refractivity contribution in [2.75, 3.05) is 6.61 Å². The third kappa shape index (κ3) is 6.11. The minimum atomic E-state index is -0.524. The highest BCUT2D eigenvalue weighted by atomic mass is 16.7. The van der Waals surface area contributed by atoms with Gasteiger partial charge in [0.1, 0.15) is 0 Å². The number of hydrogen-bond donors (Lipinski definition) is 0. The highest BCUT2D eigenvalue weighted by Crippen LogP contribution is 2.00. The number of ether oxygens (including phenoxy) is 2. The van der Waals surface area contributed by atoms with E-state index in [4.69, 9.17) is 9.47 Å². The van der Waals surface area contributed by atoms with E-state index in [1.807, 2.05) is 0 Å². The molecule has 1 atom stereocenters. The van der Waals surface area contributed by atoms with Gasteiger partial charge in [-0.1, -0.05) is 12.7 Å². The molecule has 0 saturated heterocycles. The summed E-state index contributed by atoms with van der Waals surface area (Å²) in [6.45, 7) is 10.8. The van der Waals surface area contributed by atoms with Gasteiger partial charge >= 0.3 is 5.97 Å². The third-order valence-electron chi connectivity index (χ3n) is 1.30. The first-order chi connectivity index (χ1) is 6.07. The molecule has 1 unspecified atom stereocenters. The Kier molecular flexibility index (Phi) is 5.89. The monoisotopic (exact) mass is 184 g/mol. The fraction of sp³-hybridized carbons (Fsp3) is 0.500. The van der Waals surface area contributed by atoms with Crippen LogP contribution in [0.5, 0.6) is 0 Å². The number of esters is 1. The zero-order valence-electron chi connectivity index (χ0n) is 8.21. The van der Waals surface area contributed by atoms with Crippen molar-refractivity contribution in [3.8, 4) is 0 Å². The van der Waals surface area contributed by atoms with E-state index in [1.165, 1.54) is 0 Å². The van der Waals surface area contributed by atoms with Gasteiger partial charge in [-0.05, 0) is 20.3 Å². The molecule has 0 N–H and O–H groups in total. The van der Waals surface area contributed by atoms with Gasteiger partial charge in [0.05, 0.1) is 6.61 Å². The number of rotatable bonds is 6. The molecular formula is C10H16O3. The first kappa shape index (κ1) is 11.9. The van der Waals surface area contributed by atoms with Crippen molar-refractivity contribution in [2.45, 2.75) is 26.6 Å². The summed E-state index contributed by atoms with van der Waals surface area (Å²) in [5.74, 6) is -0.425. The molecule has 0 aromatic carbocycles. The van der Waals surface area contributed by atoms with Gasteiger partial charge in [-0.2, -0.15) is 0 Å². The van der Waals surface area contributed by atoms with Gasteiger partial charge in [-0.25, -0.2) is 4.79 Å². The molecule has 0 aliphatic carbocycles. The summed E-state index contributed by atoms with van der Waals surface area (Å²) in [5.41, 5.74) is 0.374. The largest absolute Gasteiger partial charge is 0.433 e. The second kappa shape index (κ2) is 6.43. The van der Waals surface area contributed by atoms with Gasteiger partial charge in [0.15, 0.2) is 6.29 Å². The fourth-order valence-corrected chi connectivity index (χ4v) is 0.603. The van der Waals surface area contributed by atoms with Crippen LogP contribution in [0.1, 0.15) is 20.3 Å². The van der Waals surface area contributed by atoms with Crippen molar-refractivity contribution in [1.82, 2.24) is 0 Å². The lowest BCUT2D eigenvalue weighted by Crippen LogP contribution is -2.18. The van der Waals surface area contributed by atoms with Crippen molar-refractivity contribution in [3.05, 3.63) is 24.8 Å². The Hall–Kier alpha value is -1.09. The minimum Gasteiger partial charge on any atom is -0.433 e. The molecule has 3 nitrogen and oxygen atoms in total. The molecule has 0 aromatic heterocycles. The maximum atomic E-state index is 11.0. The van der Waals surface area contributed by atoms with E-state index in [2.05, 4.69) is 13.2 Å². The zero-order chi connectivity index (χ0) is 10.3. The Morgan fingerprint density at radius 1 is 1.62 bits per heavy atom. The van der Waals surface area contributed by atoms with Crippen LogP contribution in [0.3, 0.4) is 0 Å². The van der Waals surface area contributed by atoms with Crippen LogP contribution in [0.4, 0.5) is 0 Å². The summed E-state index contributed by atoms with van der Waals surface area (Å²) in [6.07, 6.45) is 1.96. The van der Waals surface area contributed by atoms with Crippen molar-refractivity contribution < 1.29 is 14.3 Å². The van der Waals surface area contributed by atoms with E-state index < -0.39 is 12.3 Å². The number of carbonyl (C=O) groups is 1. The first-order valence-corrected chi connectivity index (χ1v) is 4.17. The summed E-state index contributed by atoms with van der Waals surface area (Å²) in [6, 6.07) is 0. The van der Waals surface area contributed by atoms with Gasteiger partial charge in [-0.3, -0.25) is 0 Å². The van der Waals surface area contributed by atoms with Crippen molar-refractivity contribution in [2.24, 2.45) is 0 Å². The van der Waals surface area contributed by atoms with Crippen LogP contribution in [0.25, 0.3) is 0 Å². The van der Waals surface area contributed by atoms with Gasteiger partial charge < -0.3 is 9.47 Å². The lowest BCUT2D eigenvalue weighted by Gasteiger charge is -2.13. The van der Waals surface area contributed by atoms with Crippen molar-refractivity contribution >= 4 is 5.97 Å². The average molecular weight is 184 g/mol. The van der Waals surface area contributed by atoms with Crippen LogP contribution >= 0.6 is 0 Å². The van der Waals surface area contributed by atoms with Gasteiger partial charge in [0, 0.05) is 5.57 Å². The zero-order valence-corrected chi connectivity index (χ0v) is 8.21. The second-order valence-electron chi connectivity index (χ2n) is 2.70. The maximum absolute atomic E-state index is 11.0. The predicted molar refractivity (Wildman–Crippen MR) is 51.1 cm³/mol. The summed E-state index contributed by atoms with van der Waals surface area (Å²) < 4.78 is 10.0. The normalized spacial score (nSPS) is 11.8. The molecule has 0 amide bonds. The van der Waals surface area contributed by atoms with Crippen molar-refractivity contribution in [1.29, 1.82) is 0 Å². The third-order valence-corrected chi connectivity index (χ3v) is 1.30. The summed E-state index contributed by atoms with van der Waals surface area (Å²) in [5, 5.41) is 0. The number of hydrogen-bond acceptors (Lipinski definition) is 3. The highest BCUT2D eigenvalue weighted by Gasteiger charge is 2.08. The lowest BCUT2D eigenvalue weighted by molar-refractivity contribution is -0.169. The SMILES string of the molecule is C=CCCOC(C)OC(=O)C(=C)C. The topological polar surface area (TPSA) is 35.5 Å². The van der Waals surface area contributed by atoms with E-state index >= 15 is 0 Å². The maximum Gasteiger partial charge on any atom is 0.335 e. The Labute approximate surface area is 79.0 Å². The predicted octanol–water partition coefficient (Wildman–Crippen LogP) is 2.04. The molecule has 0 aliphatic heterocycles. The van der Waals surface area contributed by atoms with E-state index in [9.17, 15) is 4.79 Å². The molecule has 0 rings (SSSR count). The van der Waals surface area contributed by atoms with E-state index in [0.717, 1.165) is 6.42 Å². The molecule has 0 aromatic rings. The van der Waals surface area contributed by atoms with E-state index in [1.54, 1.807) is 19.9 Å². The average Bonchev–Trinajstić information content (AvgIpc) is 2.04. The quantitative estimate of drug-likeness (QED) is 0.208. The lowest BCUT2D eigenvalue weighted by atomic mass is 10.4. The molecule has 3 heteroatoms. The Bertz CT molecular complexity index is 196. The van der Waals surface area contributed by atoms with Crippen LogP contribution in [-0.4, -0.2) is 18.9 Å². The van der Waals surface area contributed by atoms with Crippen LogP contribution < -0.4 is 0 Å². The van der Waals surface area contributed by atoms with Crippen molar-refractivity contribution in [3.63, 3.8) is 0 Å². The molecule has 74 valence electrons. The van der Waals surface area contributed by atoms with Crippen LogP contribution in [0.2, 0.25) is 0 Å². The molecule has 0 radical (unpaired) electrons. The van der Waals surface area contributed by atoms with Crippen LogP contribution in [-0.2, 0) is 14.3 Å². The smallest absolute Gasteiger partial charge is 0.335 e. The standard InChI is InChI=1S/C10H16O3/c1-5-6-7-12-9(4)13-10(11)8(2)3/h5,9H,1-2,6-7H2,3-4H3. The van der Waals surface area contributed by atoms with E-state index in [0.29, 0.717) is 12.2 Å². The van der Waals surface area contributed by atoms with Crippen LogP contribution in [0, 0.1) is 0 Å². The Balaban J connectivity index is 3.61. The first-order valence-electron chi connectivity index (χ1n) is 4.17. The molecule has 0 fully saturated rings. The Morgan fingerprint density at radius 3 is 2.69 bits per heavy atom. The van der Waals surface area contributed by atoms with Gasteiger partial charge in [0.25, 0.3) is 0 Å². The molecule has 0 saturated carbocycles. The molecule has 0 aliphatic rings. The molecule has 0 spiro atoms. The summed E-state index contributed by atoms with van der Waals surface area (Å²) >= 11 is 0. The molecule has 0 heterocycles. The van der Waals surface area contributed by atoms with Gasteiger partial charge in [0.2, 0.25) is 0 Å². The number of carbonyl (C=O) groups excluding carboxylic acids is 1. The highest BCUT2D eigenvalue weighted by molar-refractivity contribution is 5.86. The second-order valence-corrected chi connectivity index (χ2v) is 2.70. The molecule has 13 heavy (non-hydrogen) atoms. The molecular weight excluding hydrogens is 168 g/mol. The summed E-state index contributed by atoms with van der Waals surface area (Å²) in [4.78, 5) is 11.0. The summed E-state index contributed by atoms with van der Waals surface area (Å²) in [7, 11) is 0. The minimum absolute atomic E-state index is 0.374.